The predicted octanol–water partition coefficient (Wildman–Crippen LogP) is 3.37. The molecule has 0 bridgehead atoms. The fourth-order valence-corrected chi connectivity index (χ4v) is 4.29. The molecular weight excluding hydrogens is 345 g/mol. The van der Waals surface area contributed by atoms with Crippen molar-refractivity contribution >= 4 is 5.96 Å². The second kappa shape index (κ2) is 9.02. The highest BCUT2D eigenvalue weighted by Gasteiger charge is 2.59. The Morgan fingerprint density at radius 1 is 1.33 bits per heavy atom. The zero-order valence-corrected chi connectivity index (χ0v) is 16.7. The first kappa shape index (κ1) is 20.1. The quantitative estimate of drug-likeness (QED) is 0.539. The van der Waals surface area contributed by atoms with Crippen LogP contribution in [-0.4, -0.2) is 38.4 Å². The molecule has 0 aliphatic heterocycles. The number of benzene rings is 1. The normalized spacial score (nSPS) is 23.6. The average molecular weight is 378 g/mol. The molecule has 2 aliphatic carbocycles. The molecule has 1 aromatic rings. The van der Waals surface area contributed by atoms with Crippen molar-refractivity contribution in [2.24, 2.45) is 10.4 Å². The third kappa shape index (κ3) is 4.27. The van der Waals surface area contributed by atoms with Gasteiger partial charge in [-0.3, -0.25) is 0 Å². The first-order valence-corrected chi connectivity index (χ1v) is 10.1. The van der Waals surface area contributed by atoms with Crippen LogP contribution in [0.25, 0.3) is 0 Å². The maximum atomic E-state index is 13.8. The van der Waals surface area contributed by atoms with Crippen molar-refractivity contribution in [3.05, 3.63) is 35.1 Å². The van der Waals surface area contributed by atoms with E-state index in [-0.39, 0.29) is 17.8 Å². The van der Waals surface area contributed by atoms with Crippen LogP contribution in [0.2, 0.25) is 0 Å². The molecule has 27 heavy (non-hydrogen) atoms. The zero-order chi connectivity index (χ0) is 19.3. The summed E-state index contributed by atoms with van der Waals surface area (Å²) in [6.45, 7) is 6.49. The van der Waals surface area contributed by atoms with Crippen molar-refractivity contribution < 1.29 is 13.9 Å². The van der Waals surface area contributed by atoms with Gasteiger partial charge in [0.1, 0.15) is 5.82 Å². The fraction of sp³-hybridized carbons (Fsp3) is 0.667. The van der Waals surface area contributed by atoms with Crippen LogP contribution in [0.15, 0.2) is 23.2 Å². The summed E-state index contributed by atoms with van der Waals surface area (Å²) in [5.41, 5.74) is 1.82. The van der Waals surface area contributed by atoms with E-state index in [1.165, 1.54) is 25.3 Å². The van der Waals surface area contributed by atoms with Gasteiger partial charge in [0.05, 0.1) is 19.3 Å². The van der Waals surface area contributed by atoms with E-state index in [0.717, 1.165) is 31.1 Å². The van der Waals surface area contributed by atoms with Gasteiger partial charge in [-0.2, -0.15) is 0 Å². The molecule has 1 spiro atoms. The molecule has 0 amide bonds. The molecule has 0 aromatic heterocycles. The maximum Gasteiger partial charge on any atom is 0.191 e. The predicted molar refractivity (Wildman–Crippen MR) is 105 cm³/mol. The topological polar surface area (TPSA) is 54.9 Å². The van der Waals surface area contributed by atoms with Crippen LogP contribution in [0.5, 0.6) is 0 Å². The molecule has 2 fully saturated rings. The van der Waals surface area contributed by atoms with Crippen LogP contribution in [-0.2, 0) is 22.6 Å². The summed E-state index contributed by atoms with van der Waals surface area (Å²) >= 11 is 0. The minimum atomic E-state index is -0.238. The Kier molecular flexibility index (Phi) is 6.71. The van der Waals surface area contributed by atoms with E-state index < -0.39 is 0 Å². The molecule has 6 heteroatoms. The Bertz CT molecular complexity index is 661. The van der Waals surface area contributed by atoms with E-state index in [4.69, 9.17) is 14.5 Å². The molecule has 2 atom stereocenters. The summed E-state index contributed by atoms with van der Waals surface area (Å²) < 4.78 is 24.8. The Morgan fingerprint density at radius 2 is 2.15 bits per heavy atom. The van der Waals surface area contributed by atoms with E-state index in [9.17, 15) is 4.39 Å². The molecule has 0 heterocycles. The number of aliphatic imine (C=N–C) groups is 1. The molecular formula is C21H32FN3O2. The number of halogens is 1. The van der Waals surface area contributed by atoms with E-state index in [2.05, 4.69) is 24.5 Å². The lowest BCUT2D eigenvalue weighted by atomic mass is 9.51. The Morgan fingerprint density at radius 3 is 2.78 bits per heavy atom. The summed E-state index contributed by atoms with van der Waals surface area (Å²) in [5, 5.41) is 6.95. The van der Waals surface area contributed by atoms with Crippen LogP contribution in [0.4, 0.5) is 4.39 Å². The van der Waals surface area contributed by atoms with Gasteiger partial charge in [0.15, 0.2) is 5.96 Å². The molecule has 5 nitrogen and oxygen atoms in total. The van der Waals surface area contributed by atoms with Crippen molar-refractivity contribution in [1.82, 2.24) is 10.6 Å². The number of nitrogens with one attached hydrogen (secondary N) is 2. The van der Waals surface area contributed by atoms with Gasteiger partial charge in [-0.15, -0.1) is 0 Å². The minimum Gasteiger partial charge on any atom is -0.380 e. The molecule has 1 aromatic carbocycles. The number of guanidine groups is 1. The smallest absolute Gasteiger partial charge is 0.191 e. The van der Waals surface area contributed by atoms with Crippen molar-refractivity contribution in [3.8, 4) is 0 Å². The van der Waals surface area contributed by atoms with Gasteiger partial charge in [0, 0.05) is 37.3 Å². The molecule has 150 valence electrons. The summed E-state index contributed by atoms with van der Waals surface area (Å²) in [4.78, 5) is 4.72. The standard InChI is InChI=1S/C21H32FN3O2/c1-4-23-20(24-13-15-7-8-17(22)16(11-15)14-26-3)25-18-12-19(27-5-2)21(18)9-6-10-21/h7-8,11,18-19H,4-6,9-10,12-14H2,1-3H3,(H2,23,24,25). The van der Waals surface area contributed by atoms with Gasteiger partial charge in [-0.1, -0.05) is 12.5 Å². The maximum absolute atomic E-state index is 13.8. The molecule has 3 rings (SSSR count). The number of ether oxygens (including phenoxy) is 2. The number of hydrogen-bond acceptors (Lipinski definition) is 3. The number of rotatable bonds is 8. The number of hydrogen-bond donors (Lipinski definition) is 2. The van der Waals surface area contributed by atoms with E-state index >= 15 is 0 Å². The van der Waals surface area contributed by atoms with Crippen molar-refractivity contribution in [2.75, 3.05) is 20.3 Å². The van der Waals surface area contributed by atoms with Crippen LogP contribution < -0.4 is 10.6 Å². The molecule has 2 aliphatic rings. The van der Waals surface area contributed by atoms with E-state index in [0.29, 0.717) is 24.3 Å². The van der Waals surface area contributed by atoms with E-state index in [1.807, 2.05) is 6.07 Å². The first-order valence-electron chi connectivity index (χ1n) is 10.1. The van der Waals surface area contributed by atoms with Crippen LogP contribution in [0.3, 0.4) is 0 Å². The van der Waals surface area contributed by atoms with Crippen LogP contribution >= 0.6 is 0 Å². The molecule has 0 radical (unpaired) electrons. The highest BCUT2D eigenvalue weighted by atomic mass is 19.1. The molecule has 2 N–H and O–H groups in total. The molecule has 2 unspecified atom stereocenters. The monoisotopic (exact) mass is 377 g/mol. The molecule has 2 saturated carbocycles. The third-order valence-corrected chi connectivity index (χ3v) is 5.92. The highest BCUT2D eigenvalue weighted by molar-refractivity contribution is 5.80. The second-order valence-corrected chi connectivity index (χ2v) is 7.52. The van der Waals surface area contributed by atoms with Crippen molar-refractivity contribution in [1.29, 1.82) is 0 Å². The zero-order valence-electron chi connectivity index (χ0n) is 16.7. The van der Waals surface area contributed by atoms with Gasteiger partial charge < -0.3 is 20.1 Å². The lowest BCUT2D eigenvalue weighted by Gasteiger charge is -2.61. The first-order chi connectivity index (χ1) is 13.1. The second-order valence-electron chi connectivity index (χ2n) is 7.52. The van der Waals surface area contributed by atoms with Crippen LogP contribution in [0.1, 0.15) is 50.7 Å². The van der Waals surface area contributed by atoms with Gasteiger partial charge in [-0.25, -0.2) is 9.38 Å². The highest BCUT2D eigenvalue weighted by Crippen LogP contribution is 2.57. The Balaban J connectivity index is 1.64. The van der Waals surface area contributed by atoms with Crippen molar-refractivity contribution in [2.45, 2.75) is 64.8 Å². The van der Waals surface area contributed by atoms with Crippen molar-refractivity contribution in [3.63, 3.8) is 0 Å². The largest absolute Gasteiger partial charge is 0.380 e. The fourth-order valence-electron chi connectivity index (χ4n) is 4.29. The van der Waals surface area contributed by atoms with Gasteiger partial charge in [0.2, 0.25) is 0 Å². The lowest BCUT2D eigenvalue weighted by molar-refractivity contribution is -0.168. The van der Waals surface area contributed by atoms with Gasteiger partial charge >= 0.3 is 0 Å². The van der Waals surface area contributed by atoms with Gasteiger partial charge in [-0.05, 0) is 50.8 Å². The number of methoxy groups -OCH3 is 1. The lowest BCUT2D eigenvalue weighted by Crippen LogP contribution is -2.68. The summed E-state index contributed by atoms with van der Waals surface area (Å²) in [6, 6.07) is 5.51. The van der Waals surface area contributed by atoms with Gasteiger partial charge in [0.25, 0.3) is 0 Å². The minimum absolute atomic E-state index is 0.238. The summed E-state index contributed by atoms with van der Waals surface area (Å²) in [6.07, 6.45) is 5.16. The van der Waals surface area contributed by atoms with E-state index in [1.54, 1.807) is 13.2 Å². The Labute approximate surface area is 161 Å². The van der Waals surface area contributed by atoms with Crippen LogP contribution in [0, 0.1) is 11.2 Å². The molecule has 0 saturated heterocycles. The summed E-state index contributed by atoms with van der Waals surface area (Å²) in [5.74, 6) is 0.583. The number of nitrogens with zero attached hydrogens (tertiary/aromatic N) is 1. The Hall–Kier alpha value is -1.66. The SMILES string of the molecule is CCNC(=NCc1ccc(F)c(COC)c1)NC1CC(OCC)C12CCC2. The average Bonchev–Trinajstić information content (AvgIpc) is 2.60. The summed E-state index contributed by atoms with van der Waals surface area (Å²) in [7, 11) is 1.57. The third-order valence-electron chi connectivity index (χ3n) is 5.92.